The Bertz CT molecular complexity index is 139. The summed E-state index contributed by atoms with van der Waals surface area (Å²) in [5.41, 5.74) is 8.98. The molecule has 0 aliphatic heterocycles. The molecule has 0 bridgehead atoms. The molecule has 0 saturated carbocycles. The molecule has 0 aliphatic carbocycles. The van der Waals surface area contributed by atoms with Gasteiger partial charge >= 0.3 is 0 Å². The minimum absolute atomic E-state index is 0.355. The van der Waals surface area contributed by atoms with Gasteiger partial charge in [0.1, 0.15) is 0 Å². The van der Waals surface area contributed by atoms with Gasteiger partial charge in [-0.05, 0) is 38.8 Å². The molecule has 2 nitrogen and oxygen atoms in total. The van der Waals surface area contributed by atoms with Crippen LogP contribution in [0.1, 0.15) is 59.8 Å². The lowest BCUT2D eigenvalue weighted by atomic mass is 10.3. The number of hydrogen-bond donors (Lipinski definition) is 2. The zero-order valence-corrected chi connectivity index (χ0v) is 11.7. The van der Waals surface area contributed by atoms with Gasteiger partial charge in [0.15, 0.2) is 0 Å². The van der Waals surface area contributed by atoms with Crippen molar-refractivity contribution in [3.63, 3.8) is 0 Å². The lowest BCUT2D eigenvalue weighted by Crippen LogP contribution is -1.95. The second-order valence-electron chi connectivity index (χ2n) is 3.75. The molecule has 0 atom stereocenters. The fourth-order valence-corrected chi connectivity index (χ4v) is 0.566. The Morgan fingerprint density at radius 1 is 1.12 bits per heavy atom. The molecular weight excluding hydrogens is 198 g/mol. The molecule has 0 heterocycles. The molecule has 2 heteroatoms. The van der Waals surface area contributed by atoms with E-state index in [1.165, 1.54) is 19.3 Å². The topological polar surface area (TPSA) is 46.2 Å². The Morgan fingerprint density at radius 2 is 1.56 bits per heavy atom. The zero-order chi connectivity index (χ0) is 13.2. The van der Waals surface area contributed by atoms with Crippen LogP contribution in [-0.4, -0.2) is 18.3 Å². The summed E-state index contributed by atoms with van der Waals surface area (Å²) >= 11 is 0. The van der Waals surface area contributed by atoms with Crippen molar-refractivity contribution < 1.29 is 5.11 Å². The number of aliphatic hydroxyl groups excluding tert-OH is 1. The first kappa shape index (κ1) is 20.8. The molecule has 0 aromatic rings. The van der Waals surface area contributed by atoms with E-state index < -0.39 is 0 Å². The fraction of sp³-hybridized carbons (Fsp3) is 0.786. The van der Waals surface area contributed by atoms with Crippen LogP contribution in [0.4, 0.5) is 0 Å². The highest BCUT2D eigenvalue weighted by molar-refractivity contribution is 4.87. The van der Waals surface area contributed by atoms with E-state index in [1.807, 2.05) is 13.8 Å². The Labute approximate surface area is 102 Å². The summed E-state index contributed by atoms with van der Waals surface area (Å²) < 4.78 is 0. The van der Waals surface area contributed by atoms with Crippen LogP contribution >= 0.6 is 0 Å². The van der Waals surface area contributed by atoms with E-state index in [1.54, 1.807) is 0 Å². The molecule has 0 aromatic carbocycles. The van der Waals surface area contributed by atoms with Crippen molar-refractivity contribution in [2.24, 2.45) is 5.73 Å². The van der Waals surface area contributed by atoms with E-state index in [-0.39, 0.29) is 0 Å². The second-order valence-corrected chi connectivity index (χ2v) is 3.75. The van der Waals surface area contributed by atoms with Gasteiger partial charge in [-0.2, -0.15) is 0 Å². The number of rotatable bonds is 5. The van der Waals surface area contributed by atoms with Gasteiger partial charge in [0.05, 0.1) is 0 Å². The summed E-state index contributed by atoms with van der Waals surface area (Å²) in [5.74, 6) is 0. The molecule has 0 aromatic heterocycles. The Kier molecular flexibility index (Phi) is 31.1. The molecule has 16 heavy (non-hydrogen) atoms. The summed E-state index contributed by atoms with van der Waals surface area (Å²) in [6.07, 6.45) is 5.71. The highest BCUT2D eigenvalue weighted by Gasteiger charge is 1.76. The molecule has 0 aliphatic rings. The summed E-state index contributed by atoms with van der Waals surface area (Å²) in [6.45, 7) is 12.8. The molecule has 0 saturated heterocycles. The van der Waals surface area contributed by atoms with Crippen LogP contribution in [0.5, 0.6) is 0 Å². The van der Waals surface area contributed by atoms with Gasteiger partial charge in [-0.25, -0.2) is 0 Å². The van der Waals surface area contributed by atoms with Crippen LogP contribution in [0.3, 0.4) is 0 Å². The summed E-state index contributed by atoms with van der Waals surface area (Å²) in [6, 6.07) is 0. The van der Waals surface area contributed by atoms with Crippen molar-refractivity contribution in [3.05, 3.63) is 17.9 Å². The first-order valence-corrected chi connectivity index (χ1v) is 6.24. The average Bonchev–Trinajstić information content (AvgIpc) is 2.29. The smallest absolute Gasteiger partial charge is 0.0431 e. The van der Waals surface area contributed by atoms with Crippen LogP contribution < -0.4 is 5.73 Å². The third-order valence-corrected chi connectivity index (χ3v) is 1.67. The predicted molar refractivity (Wildman–Crippen MR) is 74.6 cm³/mol. The number of allylic oxidation sites excluding steroid dienone is 1. The maximum Gasteiger partial charge on any atom is 0.0431 e. The lowest BCUT2D eigenvalue weighted by molar-refractivity contribution is 0.284. The number of aliphatic hydroxyl groups is 1. The van der Waals surface area contributed by atoms with Crippen molar-refractivity contribution in [3.8, 4) is 0 Å². The molecule has 0 radical (unpaired) electrons. The molecule has 3 N–H and O–H groups in total. The second kappa shape index (κ2) is 23.9. The van der Waals surface area contributed by atoms with E-state index in [9.17, 15) is 0 Å². The van der Waals surface area contributed by atoms with E-state index in [4.69, 9.17) is 10.8 Å². The van der Waals surface area contributed by atoms with Gasteiger partial charge < -0.3 is 10.8 Å². The zero-order valence-electron chi connectivity index (χ0n) is 11.7. The molecular formula is C14H31NO. The van der Waals surface area contributed by atoms with E-state index in [0.717, 1.165) is 25.0 Å². The van der Waals surface area contributed by atoms with Crippen molar-refractivity contribution >= 4 is 0 Å². The van der Waals surface area contributed by atoms with Crippen molar-refractivity contribution in [2.75, 3.05) is 13.2 Å². The average molecular weight is 229 g/mol. The summed E-state index contributed by atoms with van der Waals surface area (Å²) in [4.78, 5) is 0. The standard InChI is InChI=1S/C5H12O.C5H8.C4H11N/c1-2-3-4-5-6;1-4-5(2)3;1-2-3-4-5/h6H,2-5H2,1H3;1H2,2-3H3;2-5H2,1H3. The van der Waals surface area contributed by atoms with Gasteiger partial charge in [0.2, 0.25) is 0 Å². The normalized spacial score (nSPS) is 7.88. The van der Waals surface area contributed by atoms with Crippen molar-refractivity contribution in [2.45, 2.75) is 59.8 Å². The quantitative estimate of drug-likeness (QED) is 0.558. The Morgan fingerprint density at radius 3 is 1.62 bits per heavy atom. The van der Waals surface area contributed by atoms with Crippen LogP contribution in [0, 0.1) is 0 Å². The van der Waals surface area contributed by atoms with E-state index in [2.05, 4.69) is 26.2 Å². The van der Waals surface area contributed by atoms with Gasteiger partial charge in [0, 0.05) is 6.61 Å². The maximum atomic E-state index is 8.20. The largest absolute Gasteiger partial charge is 0.396 e. The van der Waals surface area contributed by atoms with Crippen molar-refractivity contribution in [1.82, 2.24) is 0 Å². The highest BCUT2D eigenvalue weighted by Crippen LogP contribution is 1.89. The fourth-order valence-electron chi connectivity index (χ4n) is 0.566. The predicted octanol–water partition coefficient (Wildman–Crippen LogP) is 3.65. The maximum absolute atomic E-state index is 8.20. The molecule has 0 fully saturated rings. The van der Waals surface area contributed by atoms with Crippen LogP contribution in [-0.2, 0) is 0 Å². The van der Waals surface area contributed by atoms with Crippen LogP contribution in [0.25, 0.3) is 0 Å². The minimum Gasteiger partial charge on any atom is -0.396 e. The lowest BCUT2D eigenvalue weighted by Gasteiger charge is -1.85. The molecule has 0 spiro atoms. The first-order chi connectivity index (χ1) is 7.60. The van der Waals surface area contributed by atoms with Gasteiger partial charge in [-0.1, -0.05) is 39.7 Å². The Hall–Kier alpha value is -0.560. The monoisotopic (exact) mass is 229 g/mol. The van der Waals surface area contributed by atoms with Gasteiger partial charge in [-0.15, -0.1) is 5.73 Å². The molecule has 0 unspecified atom stereocenters. The Balaban J connectivity index is -0.000000160. The van der Waals surface area contributed by atoms with Crippen molar-refractivity contribution in [1.29, 1.82) is 0 Å². The molecule has 98 valence electrons. The summed E-state index contributed by atoms with van der Waals surface area (Å²) in [5, 5.41) is 8.20. The SMILES string of the molecule is C=C=C(C)C.CCCCCO.CCCCN. The van der Waals surface area contributed by atoms with Crippen LogP contribution in [0.15, 0.2) is 17.9 Å². The van der Waals surface area contributed by atoms with E-state index in [0.29, 0.717) is 6.61 Å². The number of unbranched alkanes of at least 4 members (excludes halogenated alkanes) is 3. The number of hydrogen-bond acceptors (Lipinski definition) is 2. The van der Waals surface area contributed by atoms with Gasteiger partial charge in [0.25, 0.3) is 0 Å². The van der Waals surface area contributed by atoms with Crippen LogP contribution in [0.2, 0.25) is 0 Å². The molecule has 0 amide bonds. The molecule has 0 rings (SSSR count). The first-order valence-electron chi connectivity index (χ1n) is 6.24. The summed E-state index contributed by atoms with van der Waals surface area (Å²) in [7, 11) is 0. The highest BCUT2D eigenvalue weighted by atomic mass is 16.2. The third kappa shape index (κ3) is 50.1. The van der Waals surface area contributed by atoms with Gasteiger partial charge in [-0.3, -0.25) is 0 Å². The third-order valence-electron chi connectivity index (χ3n) is 1.67. The van der Waals surface area contributed by atoms with E-state index >= 15 is 0 Å². The minimum atomic E-state index is 0.355. The number of nitrogens with two attached hydrogens (primary N) is 1.